The van der Waals surface area contributed by atoms with Crippen LogP contribution in [-0.2, 0) is 0 Å². The lowest BCUT2D eigenvalue weighted by atomic mass is 10.1. The molecular weight excluding hydrogens is 411 g/mol. The largest absolute Gasteiger partial charge is 0.477 e. The number of nitrogens with zero attached hydrogens (tertiary/aromatic N) is 4. The van der Waals surface area contributed by atoms with Gasteiger partial charge in [-0.3, -0.25) is 9.78 Å². The Bertz CT molecular complexity index is 1420. The van der Waals surface area contributed by atoms with Crippen LogP contribution >= 0.6 is 0 Å². The van der Waals surface area contributed by atoms with Crippen LogP contribution < -0.4 is 10.3 Å². The van der Waals surface area contributed by atoms with Crippen LogP contribution in [0.3, 0.4) is 0 Å². The fourth-order valence-corrected chi connectivity index (χ4v) is 4.18. The summed E-state index contributed by atoms with van der Waals surface area (Å²) >= 11 is 0. The number of piperazine rings is 1. The minimum atomic E-state index is -1.36. The van der Waals surface area contributed by atoms with E-state index in [-0.39, 0.29) is 5.39 Å². The Labute approximate surface area is 182 Å². The number of hydrogen-bond acceptors (Lipinski definition) is 5. The maximum absolute atomic E-state index is 15.1. The number of para-hydroxylation sites is 1. The summed E-state index contributed by atoms with van der Waals surface area (Å²) in [7, 11) is 2.02. The van der Waals surface area contributed by atoms with E-state index in [1.807, 2.05) is 42.3 Å². The lowest BCUT2D eigenvalue weighted by Crippen LogP contribution is -2.44. The average Bonchev–Trinajstić information content (AvgIpc) is 2.79. The number of rotatable bonds is 3. The van der Waals surface area contributed by atoms with Crippen LogP contribution in [-0.4, -0.2) is 58.8 Å². The van der Waals surface area contributed by atoms with Crippen LogP contribution in [0.25, 0.3) is 27.5 Å². The van der Waals surface area contributed by atoms with Gasteiger partial charge in [-0.05, 0) is 31.3 Å². The molecule has 1 fully saturated rings. The molecule has 2 aromatic carbocycles. The summed E-state index contributed by atoms with van der Waals surface area (Å²) in [4.78, 5) is 33.2. The number of aromatic nitrogens is 2. The van der Waals surface area contributed by atoms with E-state index in [1.54, 1.807) is 16.8 Å². The standard InChI is InChI=1S/C24H21FN4O3/c1-27-6-8-28(9-7-27)22-12-21-17(11-19(22)25)23(30)18(24(31)32)14-29(21)16-10-15-4-2-3-5-20(15)26-13-16/h2-5,10-14H,6-9H2,1H3,(H,31,32). The monoisotopic (exact) mass is 432 g/mol. The van der Waals surface area contributed by atoms with Gasteiger partial charge in [-0.15, -0.1) is 0 Å². The number of benzene rings is 2. The summed E-state index contributed by atoms with van der Waals surface area (Å²) in [6.07, 6.45) is 2.92. The Morgan fingerprint density at radius 3 is 2.59 bits per heavy atom. The second-order valence-corrected chi connectivity index (χ2v) is 8.04. The molecular formula is C24H21FN4O3. The number of hydrogen-bond donors (Lipinski definition) is 1. The van der Waals surface area contributed by atoms with Crippen LogP contribution in [0.5, 0.6) is 0 Å². The Morgan fingerprint density at radius 2 is 1.84 bits per heavy atom. The first-order chi connectivity index (χ1) is 15.4. The molecule has 1 saturated heterocycles. The van der Waals surface area contributed by atoms with Crippen molar-refractivity contribution in [2.45, 2.75) is 0 Å². The predicted octanol–water partition coefficient (Wildman–Crippen LogP) is 3.13. The quantitative estimate of drug-likeness (QED) is 0.536. The van der Waals surface area contributed by atoms with Crippen molar-refractivity contribution in [2.75, 3.05) is 38.1 Å². The Hall–Kier alpha value is -3.78. The third-order valence-electron chi connectivity index (χ3n) is 6.00. The van der Waals surface area contributed by atoms with E-state index in [9.17, 15) is 14.7 Å². The molecule has 162 valence electrons. The third-order valence-corrected chi connectivity index (χ3v) is 6.00. The highest BCUT2D eigenvalue weighted by molar-refractivity contribution is 5.94. The van der Waals surface area contributed by atoms with Crippen LogP contribution in [0.2, 0.25) is 0 Å². The minimum Gasteiger partial charge on any atom is -0.477 e. The molecule has 0 unspecified atom stereocenters. The molecule has 0 saturated carbocycles. The molecule has 0 spiro atoms. The first-order valence-electron chi connectivity index (χ1n) is 10.3. The molecule has 5 rings (SSSR count). The molecule has 0 atom stereocenters. The highest BCUT2D eigenvalue weighted by atomic mass is 19.1. The van der Waals surface area contributed by atoms with E-state index in [0.29, 0.717) is 30.0 Å². The Kier molecular flexibility index (Phi) is 4.86. The summed E-state index contributed by atoms with van der Waals surface area (Å²) in [5, 5.41) is 10.5. The molecule has 2 aromatic heterocycles. The Balaban J connectivity index is 1.77. The van der Waals surface area contributed by atoms with Crippen molar-refractivity contribution in [2.24, 2.45) is 0 Å². The number of halogens is 1. The summed E-state index contributed by atoms with van der Waals surface area (Å²) < 4.78 is 16.7. The molecule has 0 amide bonds. The highest BCUT2D eigenvalue weighted by Crippen LogP contribution is 2.28. The van der Waals surface area contributed by atoms with Gasteiger partial charge < -0.3 is 19.5 Å². The second-order valence-electron chi connectivity index (χ2n) is 8.04. The fraction of sp³-hybridized carbons (Fsp3) is 0.208. The number of likely N-dealkylation sites (N-methyl/N-ethyl adjacent to an activating group) is 1. The van der Waals surface area contributed by atoms with Crippen molar-refractivity contribution >= 4 is 33.5 Å². The first-order valence-corrected chi connectivity index (χ1v) is 10.3. The van der Waals surface area contributed by atoms with Gasteiger partial charge in [0.15, 0.2) is 0 Å². The van der Waals surface area contributed by atoms with Gasteiger partial charge in [0, 0.05) is 43.1 Å². The van der Waals surface area contributed by atoms with E-state index in [4.69, 9.17) is 0 Å². The van der Waals surface area contributed by atoms with Crippen LogP contribution in [0.1, 0.15) is 10.4 Å². The van der Waals surface area contributed by atoms with E-state index in [1.165, 1.54) is 6.20 Å². The molecule has 0 radical (unpaired) electrons. The highest BCUT2D eigenvalue weighted by Gasteiger charge is 2.22. The van der Waals surface area contributed by atoms with Crippen LogP contribution in [0.15, 0.2) is 59.7 Å². The molecule has 32 heavy (non-hydrogen) atoms. The van der Waals surface area contributed by atoms with E-state index in [2.05, 4.69) is 9.88 Å². The van der Waals surface area contributed by atoms with Gasteiger partial charge in [0.25, 0.3) is 0 Å². The smallest absolute Gasteiger partial charge is 0.341 e. The predicted molar refractivity (Wildman–Crippen MR) is 121 cm³/mol. The van der Waals surface area contributed by atoms with Crippen LogP contribution in [0.4, 0.5) is 10.1 Å². The number of carboxylic acid groups (broad SMARTS) is 1. The molecule has 8 heteroatoms. The molecule has 1 aliphatic rings. The van der Waals surface area contributed by atoms with Crippen molar-refractivity contribution in [1.82, 2.24) is 14.5 Å². The van der Waals surface area contributed by atoms with E-state index < -0.39 is 22.8 Å². The molecule has 4 aromatic rings. The first kappa shape index (κ1) is 20.1. The van der Waals surface area contributed by atoms with Gasteiger partial charge in [0.2, 0.25) is 5.43 Å². The molecule has 1 N–H and O–H groups in total. The van der Waals surface area contributed by atoms with Gasteiger partial charge in [-0.25, -0.2) is 9.18 Å². The summed E-state index contributed by atoms with van der Waals surface area (Å²) in [5.74, 6) is -1.90. The zero-order chi connectivity index (χ0) is 22.4. The van der Waals surface area contributed by atoms with Crippen molar-refractivity contribution < 1.29 is 14.3 Å². The number of carboxylic acids is 1. The topological polar surface area (TPSA) is 78.7 Å². The number of fused-ring (bicyclic) bond motifs is 2. The molecule has 0 bridgehead atoms. The third kappa shape index (κ3) is 3.38. The second kappa shape index (κ2) is 7.72. The van der Waals surface area contributed by atoms with Gasteiger partial charge >= 0.3 is 5.97 Å². The summed E-state index contributed by atoms with van der Waals surface area (Å²) in [6, 6.07) is 12.2. The van der Waals surface area contributed by atoms with E-state index >= 15 is 4.39 Å². The zero-order valence-corrected chi connectivity index (χ0v) is 17.5. The van der Waals surface area contributed by atoms with Gasteiger partial charge in [0.1, 0.15) is 11.4 Å². The van der Waals surface area contributed by atoms with Gasteiger partial charge in [-0.1, -0.05) is 18.2 Å². The number of aromatic carboxylic acids is 1. The maximum Gasteiger partial charge on any atom is 0.341 e. The van der Waals surface area contributed by atoms with E-state index in [0.717, 1.165) is 30.1 Å². The van der Waals surface area contributed by atoms with Crippen molar-refractivity contribution in [3.05, 3.63) is 76.5 Å². The van der Waals surface area contributed by atoms with Crippen LogP contribution in [0, 0.1) is 5.82 Å². The number of anilines is 1. The SMILES string of the molecule is CN1CCN(c2cc3c(cc2F)c(=O)c(C(=O)O)cn3-c2cnc3ccccc3c2)CC1. The van der Waals surface area contributed by atoms with Gasteiger partial charge in [-0.2, -0.15) is 0 Å². The average molecular weight is 432 g/mol. The zero-order valence-electron chi connectivity index (χ0n) is 17.5. The molecule has 3 heterocycles. The fourth-order valence-electron chi connectivity index (χ4n) is 4.18. The van der Waals surface area contributed by atoms with Crippen molar-refractivity contribution in [1.29, 1.82) is 0 Å². The molecule has 7 nitrogen and oxygen atoms in total. The number of carbonyl (C=O) groups is 1. The normalized spacial score (nSPS) is 14.9. The summed E-state index contributed by atoms with van der Waals surface area (Å²) in [6.45, 7) is 2.93. The number of pyridine rings is 2. The summed E-state index contributed by atoms with van der Waals surface area (Å²) in [5.41, 5.74) is 1.10. The molecule has 1 aliphatic heterocycles. The maximum atomic E-state index is 15.1. The lowest BCUT2D eigenvalue weighted by molar-refractivity contribution is 0.0695. The lowest BCUT2D eigenvalue weighted by Gasteiger charge is -2.34. The van der Waals surface area contributed by atoms with Crippen molar-refractivity contribution in [3.8, 4) is 5.69 Å². The van der Waals surface area contributed by atoms with Gasteiger partial charge in [0.05, 0.1) is 28.6 Å². The Morgan fingerprint density at radius 1 is 1.09 bits per heavy atom. The molecule has 0 aliphatic carbocycles. The minimum absolute atomic E-state index is 0.0217. The van der Waals surface area contributed by atoms with Crippen molar-refractivity contribution in [3.63, 3.8) is 0 Å².